The maximum absolute atomic E-state index is 12.6. The molecule has 0 bridgehead atoms. The van der Waals surface area contributed by atoms with Gasteiger partial charge in [-0.1, -0.05) is 45.4 Å². The number of aryl methyl sites for hydroxylation is 1. The summed E-state index contributed by atoms with van der Waals surface area (Å²) in [6, 6.07) is 17.4. The van der Waals surface area contributed by atoms with Gasteiger partial charge in [0.25, 0.3) is 5.91 Å². The Kier molecular flexibility index (Phi) is 5.94. The molecule has 0 aliphatic heterocycles. The highest BCUT2D eigenvalue weighted by Crippen LogP contribution is 2.26. The van der Waals surface area contributed by atoms with Crippen molar-refractivity contribution in [1.29, 1.82) is 0 Å². The number of thioether (sulfide) groups is 1. The molecule has 0 fully saturated rings. The summed E-state index contributed by atoms with van der Waals surface area (Å²) in [6.45, 7) is 2.38. The van der Waals surface area contributed by atoms with Crippen LogP contribution in [0.25, 0.3) is 0 Å². The van der Waals surface area contributed by atoms with Gasteiger partial charge in [0, 0.05) is 22.0 Å². The lowest BCUT2D eigenvalue weighted by molar-refractivity contribution is 0.0948. The second-order valence-electron chi connectivity index (χ2n) is 5.53. The van der Waals surface area contributed by atoms with E-state index in [4.69, 9.17) is 4.52 Å². The molecule has 2 aromatic carbocycles. The van der Waals surface area contributed by atoms with Crippen LogP contribution in [0.1, 0.15) is 27.4 Å². The summed E-state index contributed by atoms with van der Waals surface area (Å²) >= 11 is 4.97. The minimum Gasteiger partial charge on any atom is -0.360 e. The molecular formula is C19H17BrN2O2S. The van der Waals surface area contributed by atoms with E-state index >= 15 is 0 Å². The van der Waals surface area contributed by atoms with Crippen molar-refractivity contribution in [2.75, 3.05) is 0 Å². The standard InChI is InChI=1S/C19H17BrN2O2S/c1-13-10-16(24-22-13)12-25-18-5-3-2-4-17(18)19(23)21-11-14-6-8-15(20)9-7-14/h2-10H,11-12H2,1H3,(H,21,23). The van der Waals surface area contributed by atoms with E-state index in [0.717, 1.165) is 26.4 Å². The largest absolute Gasteiger partial charge is 0.360 e. The third-order valence-electron chi connectivity index (χ3n) is 3.54. The number of aromatic nitrogens is 1. The van der Waals surface area contributed by atoms with Gasteiger partial charge in [-0.3, -0.25) is 4.79 Å². The fraction of sp³-hybridized carbons (Fsp3) is 0.158. The number of nitrogens with zero attached hydrogens (tertiary/aromatic N) is 1. The Bertz CT molecular complexity index is 862. The number of halogens is 1. The molecular weight excluding hydrogens is 400 g/mol. The van der Waals surface area contributed by atoms with E-state index in [0.29, 0.717) is 17.9 Å². The molecule has 0 aliphatic carbocycles. The summed E-state index contributed by atoms with van der Waals surface area (Å²) in [4.78, 5) is 13.5. The smallest absolute Gasteiger partial charge is 0.252 e. The molecule has 0 saturated heterocycles. The maximum Gasteiger partial charge on any atom is 0.252 e. The van der Waals surface area contributed by atoms with E-state index in [2.05, 4.69) is 26.4 Å². The van der Waals surface area contributed by atoms with Crippen LogP contribution >= 0.6 is 27.7 Å². The molecule has 1 heterocycles. The molecule has 1 N–H and O–H groups in total. The Morgan fingerprint density at radius 2 is 1.96 bits per heavy atom. The van der Waals surface area contributed by atoms with Crippen molar-refractivity contribution in [3.8, 4) is 0 Å². The van der Waals surface area contributed by atoms with Gasteiger partial charge in [0.2, 0.25) is 0 Å². The average molecular weight is 417 g/mol. The second kappa shape index (κ2) is 8.36. The van der Waals surface area contributed by atoms with Gasteiger partial charge >= 0.3 is 0 Å². The molecule has 3 rings (SSSR count). The van der Waals surface area contributed by atoms with Crippen LogP contribution in [0.4, 0.5) is 0 Å². The van der Waals surface area contributed by atoms with Crippen molar-refractivity contribution < 1.29 is 9.32 Å². The van der Waals surface area contributed by atoms with Crippen LogP contribution in [0.2, 0.25) is 0 Å². The predicted molar refractivity (Wildman–Crippen MR) is 103 cm³/mol. The van der Waals surface area contributed by atoms with Gasteiger partial charge in [-0.2, -0.15) is 0 Å². The molecule has 0 aliphatic rings. The molecule has 0 unspecified atom stereocenters. The van der Waals surface area contributed by atoms with Crippen molar-refractivity contribution in [2.24, 2.45) is 0 Å². The zero-order valence-corrected chi connectivity index (χ0v) is 16.1. The third-order valence-corrected chi connectivity index (χ3v) is 5.17. The van der Waals surface area contributed by atoms with Crippen molar-refractivity contribution in [2.45, 2.75) is 24.1 Å². The number of nitrogens with one attached hydrogen (secondary N) is 1. The van der Waals surface area contributed by atoms with E-state index in [-0.39, 0.29) is 5.91 Å². The first-order valence-corrected chi connectivity index (χ1v) is 9.56. The van der Waals surface area contributed by atoms with E-state index in [9.17, 15) is 4.79 Å². The first-order valence-electron chi connectivity index (χ1n) is 7.78. The molecule has 0 radical (unpaired) electrons. The average Bonchev–Trinajstić information content (AvgIpc) is 3.05. The van der Waals surface area contributed by atoms with Crippen LogP contribution < -0.4 is 5.32 Å². The molecule has 0 atom stereocenters. The molecule has 0 saturated carbocycles. The quantitative estimate of drug-likeness (QED) is 0.576. The van der Waals surface area contributed by atoms with Crippen LogP contribution in [0.15, 0.2) is 68.5 Å². The summed E-state index contributed by atoms with van der Waals surface area (Å²) in [6.07, 6.45) is 0. The highest BCUT2D eigenvalue weighted by molar-refractivity contribution is 9.10. The van der Waals surface area contributed by atoms with Crippen LogP contribution in [0, 0.1) is 6.92 Å². The van der Waals surface area contributed by atoms with Crippen LogP contribution in [-0.2, 0) is 12.3 Å². The van der Waals surface area contributed by atoms with E-state index in [1.54, 1.807) is 11.8 Å². The fourth-order valence-corrected chi connectivity index (χ4v) is 3.48. The Labute approximate surface area is 159 Å². The van der Waals surface area contributed by atoms with Crippen molar-refractivity contribution in [3.05, 3.63) is 81.7 Å². The van der Waals surface area contributed by atoms with Gasteiger partial charge in [-0.05, 0) is 36.8 Å². The van der Waals surface area contributed by atoms with E-state index in [1.165, 1.54) is 0 Å². The van der Waals surface area contributed by atoms with Crippen LogP contribution in [0.5, 0.6) is 0 Å². The van der Waals surface area contributed by atoms with Gasteiger partial charge < -0.3 is 9.84 Å². The minimum absolute atomic E-state index is 0.0835. The lowest BCUT2D eigenvalue weighted by atomic mass is 10.2. The number of rotatable bonds is 6. The summed E-state index contributed by atoms with van der Waals surface area (Å²) in [5.41, 5.74) is 2.58. The molecule has 128 valence electrons. The molecule has 4 nitrogen and oxygen atoms in total. The van der Waals surface area contributed by atoms with Crippen LogP contribution in [0.3, 0.4) is 0 Å². The lowest BCUT2D eigenvalue weighted by Crippen LogP contribution is -2.23. The van der Waals surface area contributed by atoms with Crippen LogP contribution in [-0.4, -0.2) is 11.1 Å². The lowest BCUT2D eigenvalue weighted by Gasteiger charge is -2.09. The minimum atomic E-state index is -0.0835. The van der Waals surface area contributed by atoms with Gasteiger partial charge in [0.15, 0.2) is 0 Å². The SMILES string of the molecule is Cc1cc(CSc2ccccc2C(=O)NCc2ccc(Br)cc2)on1. The maximum atomic E-state index is 12.6. The van der Waals surface area contributed by atoms with Gasteiger partial charge in [-0.25, -0.2) is 0 Å². The Balaban J connectivity index is 1.64. The van der Waals surface area contributed by atoms with Gasteiger partial charge in [-0.15, -0.1) is 11.8 Å². The Morgan fingerprint density at radius 1 is 1.20 bits per heavy atom. The number of hydrogen-bond acceptors (Lipinski definition) is 4. The molecule has 3 aromatic rings. The van der Waals surface area contributed by atoms with Crippen molar-refractivity contribution in [3.63, 3.8) is 0 Å². The van der Waals surface area contributed by atoms with Crippen molar-refractivity contribution >= 4 is 33.6 Å². The zero-order valence-electron chi connectivity index (χ0n) is 13.7. The third kappa shape index (κ3) is 4.96. The van der Waals surface area contributed by atoms with Crippen molar-refractivity contribution in [1.82, 2.24) is 10.5 Å². The summed E-state index contributed by atoms with van der Waals surface area (Å²) in [5.74, 6) is 1.35. The molecule has 6 heteroatoms. The highest BCUT2D eigenvalue weighted by atomic mass is 79.9. The number of benzene rings is 2. The predicted octanol–water partition coefficient (Wildman–Crippen LogP) is 4.97. The molecule has 1 amide bonds. The monoisotopic (exact) mass is 416 g/mol. The number of amides is 1. The molecule has 25 heavy (non-hydrogen) atoms. The zero-order chi connectivity index (χ0) is 17.6. The fourth-order valence-electron chi connectivity index (χ4n) is 2.29. The summed E-state index contributed by atoms with van der Waals surface area (Å²) < 4.78 is 6.25. The van der Waals surface area contributed by atoms with E-state index in [1.807, 2.05) is 61.5 Å². The highest BCUT2D eigenvalue weighted by Gasteiger charge is 2.12. The second-order valence-corrected chi connectivity index (χ2v) is 7.46. The summed E-state index contributed by atoms with van der Waals surface area (Å²) in [5, 5.41) is 6.86. The molecule has 1 aromatic heterocycles. The number of carbonyl (C=O) groups excluding carboxylic acids is 1. The molecule has 0 spiro atoms. The summed E-state index contributed by atoms with van der Waals surface area (Å²) in [7, 11) is 0. The topological polar surface area (TPSA) is 55.1 Å². The Hall–Kier alpha value is -2.05. The first-order chi connectivity index (χ1) is 12.1. The first kappa shape index (κ1) is 17.8. The van der Waals surface area contributed by atoms with Gasteiger partial charge in [0.1, 0.15) is 5.76 Å². The Morgan fingerprint density at radius 3 is 2.68 bits per heavy atom. The van der Waals surface area contributed by atoms with Gasteiger partial charge in [0.05, 0.1) is 17.0 Å². The number of hydrogen-bond donors (Lipinski definition) is 1. The van der Waals surface area contributed by atoms with E-state index < -0.39 is 0 Å². The number of carbonyl (C=O) groups is 1. The normalized spacial score (nSPS) is 10.6.